The van der Waals surface area contributed by atoms with Crippen LogP contribution >= 0.6 is 0 Å². The number of ether oxygens (including phenoxy) is 2. The lowest BCUT2D eigenvalue weighted by Crippen LogP contribution is -2.41. The number of methoxy groups -OCH3 is 2. The van der Waals surface area contributed by atoms with Gasteiger partial charge in [-0.05, 0) is 30.7 Å². The van der Waals surface area contributed by atoms with Gasteiger partial charge < -0.3 is 14.8 Å². The van der Waals surface area contributed by atoms with Gasteiger partial charge in [-0.1, -0.05) is 18.2 Å². The van der Waals surface area contributed by atoms with Gasteiger partial charge in [0.05, 0.1) is 19.9 Å². The molecule has 1 N–H and O–H groups in total. The van der Waals surface area contributed by atoms with E-state index in [1.54, 1.807) is 30.2 Å². The standard InChI is InChI=1S/C19H20N2O4/c1-24-14-8-9-15(17(12-14)25-2)20-19(23)16-10-11-18(22)21(16)13-6-4-3-5-7-13/h3-9,12,16H,10-11H2,1-2H3,(H,20,23). The van der Waals surface area contributed by atoms with Crippen LogP contribution in [0.2, 0.25) is 0 Å². The summed E-state index contributed by atoms with van der Waals surface area (Å²) in [6.07, 6.45) is 0.838. The van der Waals surface area contributed by atoms with Crippen LogP contribution in [0.25, 0.3) is 0 Å². The van der Waals surface area contributed by atoms with Gasteiger partial charge in [-0.3, -0.25) is 14.5 Å². The summed E-state index contributed by atoms with van der Waals surface area (Å²) < 4.78 is 10.5. The van der Waals surface area contributed by atoms with Crippen LogP contribution in [0.15, 0.2) is 48.5 Å². The van der Waals surface area contributed by atoms with Crippen molar-refractivity contribution >= 4 is 23.2 Å². The molecule has 1 saturated heterocycles. The fraction of sp³-hybridized carbons (Fsp3) is 0.263. The minimum Gasteiger partial charge on any atom is -0.497 e. The van der Waals surface area contributed by atoms with Gasteiger partial charge in [0.15, 0.2) is 0 Å². The van der Waals surface area contributed by atoms with E-state index in [0.29, 0.717) is 30.0 Å². The fourth-order valence-corrected chi connectivity index (χ4v) is 2.96. The van der Waals surface area contributed by atoms with Crippen molar-refractivity contribution < 1.29 is 19.1 Å². The molecule has 0 aliphatic carbocycles. The maximum atomic E-state index is 12.8. The molecule has 2 aromatic rings. The van der Waals surface area contributed by atoms with Crippen molar-refractivity contribution in [1.29, 1.82) is 0 Å². The van der Waals surface area contributed by atoms with E-state index in [9.17, 15) is 9.59 Å². The topological polar surface area (TPSA) is 67.9 Å². The van der Waals surface area contributed by atoms with Crippen LogP contribution in [-0.4, -0.2) is 32.1 Å². The molecule has 3 rings (SSSR count). The zero-order valence-corrected chi connectivity index (χ0v) is 14.2. The van der Waals surface area contributed by atoms with Gasteiger partial charge >= 0.3 is 0 Å². The summed E-state index contributed by atoms with van der Waals surface area (Å²) in [5.74, 6) is 0.853. The van der Waals surface area contributed by atoms with Gasteiger partial charge in [0.25, 0.3) is 0 Å². The summed E-state index contributed by atoms with van der Waals surface area (Å²) in [5, 5.41) is 2.86. The number of rotatable bonds is 5. The lowest BCUT2D eigenvalue weighted by atomic mass is 10.1. The Morgan fingerprint density at radius 2 is 1.88 bits per heavy atom. The largest absolute Gasteiger partial charge is 0.497 e. The highest BCUT2D eigenvalue weighted by molar-refractivity contribution is 6.07. The Morgan fingerprint density at radius 3 is 2.56 bits per heavy atom. The number of benzene rings is 2. The normalized spacial score (nSPS) is 16.6. The first-order valence-corrected chi connectivity index (χ1v) is 8.04. The van der Waals surface area contributed by atoms with Crippen LogP contribution in [0, 0.1) is 0 Å². The molecule has 1 heterocycles. The molecule has 0 saturated carbocycles. The highest BCUT2D eigenvalue weighted by atomic mass is 16.5. The lowest BCUT2D eigenvalue weighted by molar-refractivity contribution is -0.120. The highest BCUT2D eigenvalue weighted by Crippen LogP contribution is 2.31. The molecule has 6 heteroatoms. The molecule has 1 unspecified atom stereocenters. The summed E-state index contributed by atoms with van der Waals surface area (Å²) in [5.41, 5.74) is 1.27. The van der Waals surface area contributed by atoms with Crippen LogP contribution in [0.1, 0.15) is 12.8 Å². The zero-order chi connectivity index (χ0) is 17.8. The van der Waals surface area contributed by atoms with E-state index in [1.165, 1.54) is 7.11 Å². The van der Waals surface area contributed by atoms with Crippen LogP contribution < -0.4 is 19.7 Å². The highest BCUT2D eigenvalue weighted by Gasteiger charge is 2.37. The summed E-state index contributed by atoms with van der Waals surface area (Å²) in [6.45, 7) is 0. The molecule has 0 spiro atoms. The third kappa shape index (κ3) is 3.42. The van der Waals surface area contributed by atoms with Gasteiger partial charge in [-0.2, -0.15) is 0 Å². The fourth-order valence-electron chi connectivity index (χ4n) is 2.96. The van der Waals surface area contributed by atoms with Gasteiger partial charge in [0.2, 0.25) is 11.8 Å². The first-order valence-electron chi connectivity index (χ1n) is 8.04. The van der Waals surface area contributed by atoms with E-state index in [4.69, 9.17) is 9.47 Å². The molecule has 1 aliphatic rings. The van der Waals surface area contributed by atoms with Gasteiger partial charge in [-0.25, -0.2) is 0 Å². The quantitative estimate of drug-likeness (QED) is 0.909. The van der Waals surface area contributed by atoms with Crippen LogP contribution in [0.3, 0.4) is 0 Å². The van der Waals surface area contributed by atoms with Crippen LogP contribution in [-0.2, 0) is 9.59 Å². The van der Waals surface area contributed by atoms with Crippen molar-refractivity contribution in [2.75, 3.05) is 24.4 Å². The Kier molecular flexibility index (Phi) is 4.88. The number of anilines is 2. The van der Waals surface area contributed by atoms with Gasteiger partial charge in [-0.15, -0.1) is 0 Å². The molecule has 0 bridgehead atoms. The Morgan fingerprint density at radius 1 is 1.12 bits per heavy atom. The number of carbonyl (C=O) groups excluding carboxylic acids is 2. The molecule has 0 radical (unpaired) electrons. The molecule has 0 aromatic heterocycles. The van der Waals surface area contributed by atoms with E-state index < -0.39 is 6.04 Å². The van der Waals surface area contributed by atoms with Crippen molar-refractivity contribution in [1.82, 2.24) is 0 Å². The van der Waals surface area contributed by atoms with Crippen LogP contribution in [0.5, 0.6) is 11.5 Å². The molecule has 2 aromatic carbocycles. The zero-order valence-electron chi connectivity index (χ0n) is 14.2. The predicted octanol–water partition coefficient (Wildman–Crippen LogP) is 2.84. The average molecular weight is 340 g/mol. The number of amides is 2. The molecule has 25 heavy (non-hydrogen) atoms. The second-order valence-electron chi connectivity index (χ2n) is 5.71. The van der Waals surface area contributed by atoms with Crippen molar-refractivity contribution in [2.24, 2.45) is 0 Å². The maximum absolute atomic E-state index is 12.8. The molecular formula is C19H20N2O4. The first kappa shape index (κ1) is 16.8. The number of nitrogens with one attached hydrogen (secondary N) is 1. The van der Waals surface area contributed by atoms with Crippen molar-refractivity contribution in [2.45, 2.75) is 18.9 Å². The maximum Gasteiger partial charge on any atom is 0.247 e. The molecule has 2 amide bonds. The summed E-state index contributed by atoms with van der Waals surface area (Å²) in [4.78, 5) is 26.6. The third-order valence-electron chi connectivity index (χ3n) is 4.22. The predicted molar refractivity (Wildman–Crippen MR) is 95.1 cm³/mol. The van der Waals surface area contributed by atoms with E-state index in [1.807, 2.05) is 30.3 Å². The molecule has 1 fully saturated rings. The molecule has 1 aliphatic heterocycles. The minimum atomic E-state index is -0.540. The Labute approximate surface area is 146 Å². The number of hydrogen-bond donors (Lipinski definition) is 1. The Bertz CT molecular complexity index is 776. The smallest absolute Gasteiger partial charge is 0.247 e. The van der Waals surface area contributed by atoms with Crippen LogP contribution in [0.4, 0.5) is 11.4 Å². The van der Waals surface area contributed by atoms with E-state index in [2.05, 4.69) is 5.32 Å². The minimum absolute atomic E-state index is 0.0481. The van der Waals surface area contributed by atoms with Crippen molar-refractivity contribution in [3.05, 3.63) is 48.5 Å². The van der Waals surface area contributed by atoms with Gasteiger partial charge in [0, 0.05) is 18.2 Å². The molecule has 130 valence electrons. The number of nitrogens with zero attached hydrogens (tertiary/aromatic N) is 1. The van der Waals surface area contributed by atoms with E-state index in [0.717, 1.165) is 5.69 Å². The molecular weight excluding hydrogens is 320 g/mol. The monoisotopic (exact) mass is 340 g/mol. The number of para-hydroxylation sites is 1. The van der Waals surface area contributed by atoms with E-state index in [-0.39, 0.29) is 11.8 Å². The molecule has 6 nitrogen and oxygen atoms in total. The van der Waals surface area contributed by atoms with Crippen molar-refractivity contribution in [3.8, 4) is 11.5 Å². The lowest BCUT2D eigenvalue weighted by Gasteiger charge is -2.24. The third-order valence-corrected chi connectivity index (χ3v) is 4.22. The summed E-state index contributed by atoms with van der Waals surface area (Å²) >= 11 is 0. The number of hydrogen-bond acceptors (Lipinski definition) is 4. The van der Waals surface area contributed by atoms with Gasteiger partial charge in [0.1, 0.15) is 17.5 Å². The Balaban J connectivity index is 1.82. The molecule has 1 atom stereocenters. The second-order valence-corrected chi connectivity index (χ2v) is 5.71. The number of carbonyl (C=O) groups is 2. The second kappa shape index (κ2) is 7.25. The Hall–Kier alpha value is -3.02. The van der Waals surface area contributed by atoms with E-state index >= 15 is 0 Å². The SMILES string of the molecule is COc1ccc(NC(=O)C2CCC(=O)N2c2ccccc2)c(OC)c1. The van der Waals surface area contributed by atoms with Crippen molar-refractivity contribution in [3.63, 3.8) is 0 Å². The first-order chi connectivity index (χ1) is 12.1. The average Bonchev–Trinajstić information content (AvgIpc) is 3.04. The summed E-state index contributed by atoms with van der Waals surface area (Å²) in [7, 11) is 3.09. The summed E-state index contributed by atoms with van der Waals surface area (Å²) in [6, 6.07) is 13.9.